The molecule has 1 aliphatic rings. The summed E-state index contributed by atoms with van der Waals surface area (Å²) < 4.78 is 0. The molecule has 1 amide bonds. The van der Waals surface area contributed by atoms with Crippen LogP contribution in [0.5, 0.6) is 0 Å². The summed E-state index contributed by atoms with van der Waals surface area (Å²) in [6, 6.07) is 7.57. The molecule has 2 atom stereocenters. The fourth-order valence-electron chi connectivity index (χ4n) is 2.71. The second-order valence-corrected chi connectivity index (χ2v) is 5.87. The molecule has 1 saturated carbocycles. The smallest absolute Gasteiger partial charge is 0.251 e. The van der Waals surface area contributed by atoms with Crippen molar-refractivity contribution in [3.05, 3.63) is 35.4 Å². The molecule has 1 fully saturated rings. The van der Waals surface area contributed by atoms with Crippen molar-refractivity contribution in [2.24, 2.45) is 0 Å². The van der Waals surface area contributed by atoms with Crippen LogP contribution in [0, 0.1) is 0 Å². The summed E-state index contributed by atoms with van der Waals surface area (Å²) in [5.41, 5.74) is 1.79. The van der Waals surface area contributed by atoms with Crippen molar-refractivity contribution < 1.29 is 9.90 Å². The fourth-order valence-corrected chi connectivity index (χ4v) is 2.71. The first-order valence-corrected chi connectivity index (χ1v) is 7.29. The summed E-state index contributed by atoms with van der Waals surface area (Å²) in [6.07, 6.45) is 3.36. The van der Waals surface area contributed by atoms with E-state index in [2.05, 4.69) is 10.2 Å². The van der Waals surface area contributed by atoms with Crippen molar-refractivity contribution in [3.63, 3.8) is 0 Å². The van der Waals surface area contributed by atoms with Crippen molar-refractivity contribution in [1.29, 1.82) is 0 Å². The highest BCUT2D eigenvalue weighted by Crippen LogP contribution is 2.19. The largest absolute Gasteiger partial charge is 0.391 e. The number of nitrogens with one attached hydrogen (secondary N) is 1. The lowest BCUT2D eigenvalue weighted by Crippen LogP contribution is -2.45. The molecule has 2 unspecified atom stereocenters. The Labute approximate surface area is 120 Å². The van der Waals surface area contributed by atoms with Gasteiger partial charge in [0.15, 0.2) is 0 Å². The molecule has 0 aliphatic heterocycles. The lowest BCUT2D eigenvalue weighted by Gasteiger charge is -2.28. The highest BCUT2D eigenvalue weighted by molar-refractivity contribution is 5.94. The molecular formula is C16H24N2O2. The van der Waals surface area contributed by atoms with Crippen LogP contribution >= 0.6 is 0 Å². The number of hydrogen-bond donors (Lipinski definition) is 2. The average molecular weight is 276 g/mol. The number of benzene rings is 1. The standard InChI is InChI=1S/C16H24N2O2/c1-18(2)11-12-6-5-7-13(10-12)16(20)17-14-8-3-4-9-15(14)19/h5-7,10,14-15,19H,3-4,8-9,11H2,1-2H3,(H,17,20). The average Bonchev–Trinajstić information content (AvgIpc) is 2.41. The van der Waals surface area contributed by atoms with Crippen LogP contribution in [0.3, 0.4) is 0 Å². The van der Waals surface area contributed by atoms with Gasteiger partial charge in [0.1, 0.15) is 0 Å². The topological polar surface area (TPSA) is 52.6 Å². The van der Waals surface area contributed by atoms with E-state index in [4.69, 9.17) is 0 Å². The van der Waals surface area contributed by atoms with Crippen LogP contribution in [0.4, 0.5) is 0 Å². The molecule has 0 aromatic heterocycles. The van der Waals surface area contributed by atoms with E-state index in [0.717, 1.165) is 37.8 Å². The van der Waals surface area contributed by atoms with Gasteiger partial charge in [0.25, 0.3) is 5.91 Å². The number of hydrogen-bond acceptors (Lipinski definition) is 3. The van der Waals surface area contributed by atoms with Crippen molar-refractivity contribution in [3.8, 4) is 0 Å². The molecule has 1 aliphatic carbocycles. The molecule has 0 saturated heterocycles. The van der Waals surface area contributed by atoms with Gasteiger partial charge in [-0.3, -0.25) is 4.79 Å². The third-order valence-electron chi connectivity index (χ3n) is 3.73. The Hall–Kier alpha value is -1.39. The molecule has 1 aromatic carbocycles. The first kappa shape index (κ1) is 15.0. The molecule has 0 radical (unpaired) electrons. The van der Waals surface area contributed by atoms with Crippen LogP contribution in [0.15, 0.2) is 24.3 Å². The van der Waals surface area contributed by atoms with Gasteiger partial charge in [-0.25, -0.2) is 0 Å². The van der Waals surface area contributed by atoms with Gasteiger partial charge in [0.05, 0.1) is 12.1 Å². The molecule has 4 heteroatoms. The van der Waals surface area contributed by atoms with Crippen LogP contribution in [0.2, 0.25) is 0 Å². The lowest BCUT2D eigenvalue weighted by atomic mass is 9.92. The lowest BCUT2D eigenvalue weighted by molar-refractivity contribution is 0.0717. The Morgan fingerprint density at radius 2 is 2.10 bits per heavy atom. The predicted molar refractivity (Wildman–Crippen MR) is 79.6 cm³/mol. The van der Waals surface area contributed by atoms with Gasteiger partial charge in [-0.2, -0.15) is 0 Å². The highest BCUT2D eigenvalue weighted by atomic mass is 16.3. The van der Waals surface area contributed by atoms with Gasteiger partial charge in [-0.1, -0.05) is 25.0 Å². The van der Waals surface area contributed by atoms with Gasteiger partial charge in [-0.15, -0.1) is 0 Å². The summed E-state index contributed by atoms with van der Waals surface area (Å²) >= 11 is 0. The summed E-state index contributed by atoms with van der Waals surface area (Å²) in [5.74, 6) is -0.0865. The molecule has 4 nitrogen and oxygen atoms in total. The Bertz CT molecular complexity index is 460. The zero-order chi connectivity index (χ0) is 14.5. The zero-order valence-corrected chi connectivity index (χ0v) is 12.3. The van der Waals surface area contributed by atoms with Crippen LogP contribution < -0.4 is 5.32 Å². The van der Waals surface area contributed by atoms with Gasteiger partial charge in [0.2, 0.25) is 0 Å². The van der Waals surface area contributed by atoms with Crippen LogP contribution in [-0.2, 0) is 6.54 Å². The number of rotatable bonds is 4. The van der Waals surface area contributed by atoms with Crippen molar-refractivity contribution in [2.75, 3.05) is 14.1 Å². The fraction of sp³-hybridized carbons (Fsp3) is 0.562. The second kappa shape index (κ2) is 6.86. The van der Waals surface area contributed by atoms with Crippen LogP contribution in [-0.4, -0.2) is 42.2 Å². The van der Waals surface area contributed by atoms with Crippen molar-refractivity contribution >= 4 is 5.91 Å². The number of carbonyl (C=O) groups is 1. The molecule has 0 bridgehead atoms. The van der Waals surface area contributed by atoms with E-state index in [0.29, 0.717) is 5.56 Å². The van der Waals surface area contributed by atoms with Gasteiger partial charge in [0, 0.05) is 12.1 Å². The van der Waals surface area contributed by atoms with Gasteiger partial charge >= 0.3 is 0 Å². The summed E-state index contributed by atoms with van der Waals surface area (Å²) in [4.78, 5) is 14.3. The maximum atomic E-state index is 12.3. The molecule has 110 valence electrons. The molecule has 0 heterocycles. The number of nitrogens with zero attached hydrogens (tertiary/aromatic N) is 1. The molecule has 20 heavy (non-hydrogen) atoms. The SMILES string of the molecule is CN(C)Cc1cccc(C(=O)NC2CCCCC2O)c1. The predicted octanol–water partition coefficient (Wildman–Crippen LogP) is 1.78. The minimum absolute atomic E-state index is 0.0865. The van der Waals surface area contributed by atoms with Crippen LogP contribution in [0.1, 0.15) is 41.6 Å². The minimum Gasteiger partial charge on any atom is -0.391 e. The van der Waals surface area contributed by atoms with E-state index in [1.54, 1.807) is 0 Å². The Morgan fingerprint density at radius 1 is 1.35 bits per heavy atom. The molecule has 2 rings (SSSR count). The van der Waals surface area contributed by atoms with Crippen LogP contribution in [0.25, 0.3) is 0 Å². The Morgan fingerprint density at radius 3 is 2.80 bits per heavy atom. The first-order chi connectivity index (χ1) is 9.56. The van der Waals surface area contributed by atoms with Gasteiger partial charge < -0.3 is 15.3 Å². The van der Waals surface area contributed by atoms with E-state index in [1.165, 1.54) is 0 Å². The normalized spacial score (nSPS) is 22.8. The monoisotopic (exact) mass is 276 g/mol. The molecular weight excluding hydrogens is 252 g/mol. The third kappa shape index (κ3) is 4.05. The van der Waals surface area contributed by atoms with E-state index >= 15 is 0 Å². The van der Waals surface area contributed by atoms with E-state index in [9.17, 15) is 9.90 Å². The van der Waals surface area contributed by atoms with Gasteiger partial charge in [-0.05, 0) is 44.6 Å². The summed E-state index contributed by atoms with van der Waals surface area (Å²) in [7, 11) is 4.01. The highest BCUT2D eigenvalue weighted by Gasteiger charge is 2.24. The number of carbonyl (C=O) groups excluding carboxylic acids is 1. The second-order valence-electron chi connectivity index (χ2n) is 5.87. The zero-order valence-electron chi connectivity index (χ0n) is 12.3. The number of aliphatic hydroxyl groups is 1. The third-order valence-corrected chi connectivity index (χ3v) is 3.73. The van der Waals surface area contributed by atoms with Crippen molar-refractivity contribution in [1.82, 2.24) is 10.2 Å². The maximum Gasteiger partial charge on any atom is 0.251 e. The quantitative estimate of drug-likeness (QED) is 0.881. The summed E-state index contributed by atoms with van der Waals surface area (Å²) in [5, 5.41) is 12.9. The number of aliphatic hydroxyl groups excluding tert-OH is 1. The van der Waals surface area contributed by atoms with E-state index in [1.807, 2.05) is 38.4 Å². The number of amides is 1. The maximum absolute atomic E-state index is 12.3. The van der Waals surface area contributed by atoms with Crippen molar-refractivity contribution in [2.45, 2.75) is 44.4 Å². The summed E-state index contributed by atoms with van der Waals surface area (Å²) in [6.45, 7) is 0.813. The minimum atomic E-state index is -0.405. The Kier molecular flexibility index (Phi) is 5.15. The molecule has 2 N–H and O–H groups in total. The first-order valence-electron chi connectivity index (χ1n) is 7.29. The molecule has 1 aromatic rings. The Balaban J connectivity index is 2.01. The molecule has 0 spiro atoms. The van der Waals surface area contributed by atoms with E-state index in [-0.39, 0.29) is 11.9 Å². The van der Waals surface area contributed by atoms with E-state index < -0.39 is 6.10 Å².